The van der Waals surface area contributed by atoms with Crippen LogP contribution < -0.4 is 4.90 Å². The molecule has 0 bridgehead atoms. The maximum absolute atomic E-state index is 13.4. The summed E-state index contributed by atoms with van der Waals surface area (Å²) in [6.07, 6.45) is 6.19. The number of halogens is 1. The first-order valence-electron chi connectivity index (χ1n) is 10.3. The van der Waals surface area contributed by atoms with Gasteiger partial charge in [0.2, 0.25) is 0 Å². The van der Waals surface area contributed by atoms with Crippen LogP contribution in [0.15, 0.2) is 42.6 Å². The number of hydrogen-bond donors (Lipinski definition) is 0. The summed E-state index contributed by atoms with van der Waals surface area (Å²) in [5.41, 5.74) is 2.46. The molecule has 2 aliphatic rings. The number of carbonyl (C=O) groups excluding carboxylic acids is 1. The minimum Gasteiger partial charge on any atom is -0.370 e. The van der Waals surface area contributed by atoms with Gasteiger partial charge in [0.1, 0.15) is 5.82 Å². The second-order valence-electron chi connectivity index (χ2n) is 7.93. The Labute approximate surface area is 168 Å². The zero-order valence-corrected chi connectivity index (χ0v) is 16.3. The summed E-state index contributed by atoms with van der Waals surface area (Å²) in [7, 11) is 0. The standard InChI is InChI=1S/C22H24FN5O/c23-18-5-3-4-17(14-18)22(29)27-12-8-16(9-13-27)21-24-20-7-6-19(15-28(20)25-21)26-10-1-2-11-26/h3-7,14-16H,1-2,8-13H2. The molecule has 150 valence electrons. The summed E-state index contributed by atoms with van der Waals surface area (Å²) in [5, 5.41) is 4.73. The van der Waals surface area contributed by atoms with Gasteiger partial charge in [-0.05, 0) is 56.0 Å². The van der Waals surface area contributed by atoms with Gasteiger partial charge in [-0.25, -0.2) is 13.9 Å². The van der Waals surface area contributed by atoms with E-state index in [1.54, 1.807) is 17.0 Å². The van der Waals surface area contributed by atoms with Crippen molar-refractivity contribution in [1.29, 1.82) is 0 Å². The number of aromatic nitrogens is 3. The zero-order valence-electron chi connectivity index (χ0n) is 16.3. The summed E-state index contributed by atoms with van der Waals surface area (Å²) in [6.45, 7) is 3.47. The molecule has 3 aromatic rings. The summed E-state index contributed by atoms with van der Waals surface area (Å²) < 4.78 is 15.3. The van der Waals surface area contributed by atoms with E-state index in [0.717, 1.165) is 37.4 Å². The third-order valence-electron chi connectivity index (χ3n) is 6.02. The van der Waals surface area contributed by atoms with Gasteiger partial charge in [0.25, 0.3) is 5.91 Å². The first-order chi connectivity index (χ1) is 14.2. The van der Waals surface area contributed by atoms with Crippen molar-refractivity contribution in [2.45, 2.75) is 31.6 Å². The van der Waals surface area contributed by atoms with E-state index in [1.165, 1.54) is 30.7 Å². The molecule has 7 heteroatoms. The van der Waals surface area contributed by atoms with Crippen LogP contribution >= 0.6 is 0 Å². The van der Waals surface area contributed by atoms with Crippen molar-refractivity contribution in [1.82, 2.24) is 19.5 Å². The fourth-order valence-electron chi connectivity index (χ4n) is 4.37. The zero-order chi connectivity index (χ0) is 19.8. The third-order valence-corrected chi connectivity index (χ3v) is 6.02. The van der Waals surface area contributed by atoms with Crippen LogP contribution in [0.5, 0.6) is 0 Å². The molecule has 0 spiro atoms. The minimum absolute atomic E-state index is 0.110. The maximum Gasteiger partial charge on any atom is 0.253 e. The van der Waals surface area contributed by atoms with Gasteiger partial charge in [-0.15, -0.1) is 0 Å². The number of rotatable bonds is 3. The Balaban J connectivity index is 1.28. The molecule has 2 fully saturated rings. The summed E-state index contributed by atoms with van der Waals surface area (Å²) in [5.74, 6) is 0.595. The molecule has 2 saturated heterocycles. The lowest BCUT2D eigenvalue weighted by Gasteiger charge is -2.30. The van der Waals surface area contributed by atoms with Gasteiger partial charge >= 0.3 is 0 Å². The van der Waals surface area contributed by atoms with Crippen LogP contribution in [0, 0.1) is 5.82 Å². The van der Waals surface area contributed by atoms with Gasteiger partial charge in [-0.3, -0.25) is 4.79 Å². The molecular formula is C22H24FN5O. The monoisotopic (exact) mass is 393 g/mol. The first kappa shape index (κ1) is 18.1. The number of likely N-dealkylation sites (tertiary alicyclic amines) is 1. The summed E-state index contributed by atoms with van der Waals surface area (Å²) in [4.78, 5) is 21.5. The Morgan fingerprint density at radius 1 is 1.03 bits per heavy atom. The van der Waals surface area contributed by atoms with E-state index in [1.807, 2.05) is 10.6 Å². The van der Waals surface area contributed by atoms with Gasteiger partial charge in [-0.2, -0.15) is 5.10 Å². The normalized spacial score (nSPS) is 18.0. The molecular weight excluding hydrogens is 369 g/mol. The van der Waals surface area contributed by atoms with E-state index >= 15 is 0 Å². The van der Waals surface area contributed by atoms with Crippen LogP contribution in [0.2, 0.25) is 0 Å². The lowest BCUT2D eigenvalue weighted by Crippen LogP contribution is -2.38. The third kappa shape index (κ3) is 3.57. The fraction of sp³-hybridized carbons (Fsp3) is 0.409. The molecule has 2 aromatic heterocycles. The minimum atomic E-state index is -0.382. The summed E-state index contributed by atoms with van der Waals surface area (Å²) in [6, 6.07) is 10.1. The van der Waals surface area contributed by atoms with E-state index in [2.05, 4.69) is 17.2 Å². The number of nitrogens with zero attached hydrogens (tertiary/aromatic N) is 5. The quantitative estimate of drug-likeness (QED) is 0.684. The van der Waals surface area contributed by atoms with Crippen LogP contribution in [0.1, 0.15) is 47.8 Å². The van der Waals surface area contributed by atoms with E-state index in [4.69, 9.17) is 10.1 Å². The molecule has 0 saturated carbocycles. The predicted octanol–water partition coefficient (Wildman–Crippen LogP) is 3.49. The van der Waals surface area contributed by atoms with E-state index in [9.17, 15) is 9.18 Å². The topological polar surface area (TPSA) is 53.7 Å². The van der Waals surface area contributed by atoms with Gasteiger partial charge in [0.05, 0.1) is 11.9 Å². The SMILES string of the molecule is O=C(c1cccc(F)c1)N1CCC(c2nc3ccc(N4CCCC4)cn3n2)CC1. The number of benzene rings is 1. The Morgan fingerprint density at radius 2 is 1.83 bits per heavy atom. The molecule has 0 N–H and O–H groups in total. The molecule has 6 nitrogen and oxygen atoms in total. The van der Waals surface area contributed by atoms with Gasteiger partial charge in [0.15, 0.2) is 11.5 Å². The van der Waals surface area contributed by atoms with Crippen LogP contribution in [-0.2, 0) is 0 Å². The lowest BCUT2D eigenvalue weighted by molar-refractivity contribution is 0.0710. The molecule has 29 heavy (non-hydrogen) atoms. The van der Waals surface area contributed by atoms with Crippen molar-refractivity contribution in [3.63, 3.8) is 0 Å². The molecule has 1 amide bonds. The van der Waals surface area contributed by atoms with Crippen LogP contribution in [0.3, 0.4) is 0 Å². The van der Waals surface area contributed by atoms with Crippen molar-refractivity contribution in [2.24, 2.45) is 0 Å². The Hall–Kier alpha value is -2.96. The predicted molar refractivity (Wildman–Crippen MR) is 109 cm³/mol. The highest BCUT2D eigenvalue weighted by Gasteiger charge is 2.27. The van der Waals surface area contributed by atoms with E-state index in [-0.39, 0.29) is 17.6 Å². The van der Waals surface area contributed by atoms with E-state index in [0.29, 0.717) is 18.7 Å². The number of anilines is 1. The Kier molecular flexibility index (Phi) is 4.66. The largest absolute Gasteiger partial charge is 0.370 e. The molecule has 5 rings (SSSR count). The molecule has 0 atom stereocenters. The molecule has 2 aliphatic heterocycles. The van der Waals surface area contributed by atoms with Gasteiger partial charge < -0.3 is 9.80 Å². The van der Waals surface area contributed by atoms with Crippen molar-refractivity contribution in [2.75, 3.05) is 31.1 Å². The van der Waals surface area contributed by atoms with Crippen molar-refractivity contribution >= 4 is 17.2 Å². The number of pyridine rings is 1. The molecule has 4 heterocycles. The average Bonchev–Trinajstić information content (AvgIpc) is 3.42. The molecule has 0 unspecified atom stereocenters. The van der Waals surface area contributed by atoms with Crippen molar-refractivity contribution in [3.8, 4) is 0 Å². The number of carbonyl (C=O) groups is 1. The van der Waals surface area contributed by atoms with Crippen molar-refractivity contribution < 1.29 is 9.18 Å². The molecule has 0 aliphatic carbocycles. The lowest BCUT2D eigenvalue weighted by atomic mass is 9.95. The Morgan fingerprint density at radius 3 is 2.59 bits per heavy atom. The highest BCUT2D eigenvalue weighted by atomic mass is 19.1. The van der Waals surface area contributed by atoms with Crippen LogP contribution in [0.4, 0.5) is 10.1 Å². The molecule has 0 radical (unpaired) electrons. The highest BCUT2D eigenvalue weighted by Crippen LogP contribution is 2.28. The van der Waals surface area contributed by atoms with Crippen LogP contribution in [0.25, 0.3) is 5.65 Å². The van der Waals surface area contributed by atoms with E-state index < -0.39 is 0 Å². The first-order valence-corrected chi connectivity index (χ1v) is 10.3. The van der Waals surface area contributed by atoms with Gasteiger partial charge in [0, 0.05) is 37.7 Å². The smallest absolute Gasteiger partial charge is 0.253 e. The fourth-order valence-corrected chi connectivity index (χ4v) is 4.37. The van der Waals surface area contributed by atoms with Crippen LogP contribution in [-0.4, -0.2) is 51.6 Å². The second kappa shape index (κ2) is 7.46. The number of fused-ring (bicyclic) bond motifs is 1. The number of amides is 1. The second-order valence-corrected chi connectivity index (χ2v) is 7.93. The average molecular weight is 393 g/mol. The summed E-state index contributed by atoms with van der Waals surface area (Å²) >= 11 is 0. The maximum atomic E-state index is 13.4. The number of piperidine rings is 1. The molecule has 1 aromatic carbocycles. The van der Waals surface area contributed by atoms with Crippen molar-refractivity contribution in [3.05, 3.63) is 59.8 Å². The number of hydrogen-bond acceptors (Lipinski definition) is 4. The highest BCUT2D eigenvalue weighted by molar-refractivity contribution is 5.94. The van der Waals surface area contributed by atoms with Gasteiger partial charge in [-0.1, -0.05) is 6.07 Å². The Bertz CT molecular complexity index is 1030.